The second-order valence-electron chi connectivity index (χ2n) is 15.5. The Hall–Kier alpha value is -5.33. The molecule has 6 heterocycles. The fourth-order valence-corrected chi connectivity index (χ4v) is 9.12. The number of imide groups is 1. The lowest BCUT2D eigenvalue weighted by atomic mass is 9.90. The van der Waals surface area contributed by atoms with E-state index in [1.807, 2.05) is 30.3 Å². The van der Waals surface area contributed by atoms with Crippen molar-refractivity contribution in [1.82, 2.24) is 20.1 Å². The Bertz CT molecular complexity index is 2300. The Morgan fingerprint density at radius 1 is 0.952 bits per heavy atom. The van der Waals surface area contributed by atoms with Gasteiger partial charge in [-0.1, -0.05) is 24.6 Å². The number of benzene rings is 2. The highest BCUT2D eigenvalue weighted by molar-refractivity contribution is 7.52. The van der Waals surface area contributed by atoms with Crippen LogP contribution in [0.1, 0.15) is 89.6 Å². The number of halogens is 2. The van der Waals surface area contributed by atoms with E-state index in [1.165, 1.54) is 37.8 Å². The maximum absolute atomic E-state index is 13.5. The van der Waals surface area contributed by atoms with E-state index in [4.69, 9.17) is 29.7 Å². The summed E-state index contributed by atoms with van der Waals surface area (Å²) in [7, 11) is -5.60. The van der Waals surface area contributed by atoms with E-state index in [1.54, 1.807) is 17.3 Å². The van der Waals surface area contributed by atoms with Gasteiger partial charge in [-0.3, -0.25) is 38.8 Å². The Morgan fingerprint density at radius 2 is 1.68 bits per heavy atom. The van der Waals surface area contributed by atoms with Crippen LogP contribution in [0, 0.1) is 0 Å². The van der Waals surface area contributed by atoms with Crippen LogP contribution in [0.2, 0.25) is 0 Å². The summed E-state index contributed by atoms with van der Waals surface area (Å²) in [6.45, 7) is 4.04. The zero-order chi connectivity index (χ0) is 45.1. The van der Waals surface area contributed by atoms with Crippen molar-refractivity contribution in [3.8, 4) is 11.5 Å². The predicted molar refractivity (Wildman–Crippen MR) is 227 cm³/mol. The number of aromatic nitrogens is 1. The van der Waals surface area contributed by atoms with Crippen molar-refractivity contribution < 1.29 is 61.3 Å². The van der Waals surface area contributed by atoms with Gasteiger partial charge in [-0.25, -0.2) is 0 Å². The van der Waals surface area contributed by atoms with E-state index in [0.29, 0.717) is 74.8 Å². The fourth-order valence-electron chi connectivity index (χ4n) is 7.75. The highest BCUT2D eigenvalue weighted by atomic mass is 32.1. The Labute approximate surface area is 366 Å². The molecule has 2 aromatic heterocycles. The number of nitrogens with two attached hydrogens (primary N) is 1. The minimum atomic E-state index is -5.60. The fraction of sp³-hybridized carbons (Fsp3) is 0.442. The number of carbonyl (C=O) groups is 5. The third-order valence-electron chi connectivity index (χ3n) is 11.2. The van der Waals surface area contributed by atoms with E-state index in [9.17, 15) is 37.3 Å². The number of pyridine rings is 1. The van der Waals surface area contributed by atoms with Gasteiger partial charge in [0.2, 0.25) is 24.1 Å². The van der Waals surface area contributed by atoms with E-state index in [0.717, 1.165) is 66.1 Å². The van der Waals surface area contributed by atoms with Crippen molar-refractivity contribution in [2.45, 2.75) is 74.9 Å². The van der Waals surface area contributed by atoms with Gasteiger partial charge in [0.1, 0.15) is 24.7 Å². The van der Waals surface area contributed by atoms with E-state index in [-0.39, 0.29) is 33.9 Å². The maximum Gasteiger partial charge on any atom is 0.399 e. The van der Waals surface area contributed by atoms with Crippen molar-refractivity contribution in [2.75, 3.05) is 46.1 Å². The number of amides is 5. The van der Waals surface area contributed by atoms with Crippen LogP contribution in [0.15, 0.2) is 67.0 Å². The summed E-state index contributed by atoms with van der Waals surface area (Å²) in [6.07, 6.45) is 12.1. The molecule has 2 aromatic carbocycles. The number of hydrogen-bond donors (Lipinski definition) is 4. The first kappa shape index (κ1) is 47.2. The van der Waals surface area contributed by atoms with Crippen LogP contribution in [0.25, 0.3) is 10.1 Å². The molecular formula is C43H50F2N5O11PS. The second kappa shape index (κ2) is 21.4. The first-order valence-electron chi connectivity index (χ1n) is 20.6. The minimum absolute atomic E-state index is 0.187. The van der Waals surface area contributed by atoms with Gasteiger partial charge >= 0.3 is 13.3 Å². The third kappa shape index (κ3) is 12.2. The van der Waals surface area contributed by atoms with Crippen molar-refractivity contribution >= 4 is 59.1 Å². The number of rotatable bonds is 14. The van der Waals surface area contributed by atoms with Crippen molar-refractivity contribution in [3.63, 3.8) is 0 Å². The Morgan fingerprint density at radius 3 is 2.38 bits per heavy atom. The van der Waals surface area contributed by atoms with Gasteiger partial charge in [-0.2, -0.15) is 8.78 Å². The number of nitrogens with one attached hydrogen (secondary N) is 1. The molecule has 2 atom stereocenters. The maximum atomic E-state index is 13.5. The molecule has 63 heavy (non-hydrogen) atoms. The van der Waals surface area contributed by atoms with Gasteiger partial charge in [0, 0.05) is 72.7 Å². The highest BCUT2D eigenvalue weighted by Gasteiger charge is 2.50. The number of thiophene rings is 1. The molecule has 0 saturated carbocycles. The molecule has 20 heteroatoms. The number of primary amides is 1. The molecule has 8 rings (SSSR count). The lowest BCUT2D eigenvalue weighted by Crippen LogP contribution is -2.43. The summed E-state index contributed by atoms with van der Waals surface area (Å²) < 4.78 is 55.4. The van der Waals surface area contributed by atoms with Gasteiger partial charge in [0.05, 0.1) is 24.0 Å². The molecule has 0 bridgehead atoms. The molecule has 16 nitrogen and oxygen atoms in total. The van der Waals surface area contributed by atoms with Crippen LogP contribution in [0.5, 0.6) is 11.5 Å². The van der Waals surface area contributed by atoms with Gasteiger partial charge in [-0.05, 0) is 79.5 Å². The molecule has 4 aliphatic heterocycles. The largest absolute Gasteiger partial charge is 0.491 e. The van der Waals surface area contributed by atoms with Gasteiger partial charge in [-0.15, -0.1) is 11.3 Å². The Balaban J connectivity index is 0.000000183. The number of fused-ring (bicyclic) bond motifs is 2. The first-order chi connectivity index (χ1) is 30.1. The topological polar surface area (TPSA) is 228 Å². The monoisotopic (exact) mass is 913 g/mol. The normalized spacial score (nSPS) is 19.1. The van der Waals surface area contributed by atoms with E-state index < -0.39 is 24.7 Å². The quantitative estimate of drug-likeness (QED) is 0.0539. The first-order valence-corrected chi connectivity index (χ1v) is 23.0. The van der Waals surface area contributed by atoms with Crippen molar-refractivity contribution in [2.24, 2.45) is 5.73 Å². The standard InChI is InChI=1S/C24H27N3O6.C10H8F2NO4PS.C9H15NO/c28-16-27-14-18(15-27)21-13-25-8-7-22(21)33-12-10-31-9-11-32-19-3-1-17(2-4-19)20-5-6-23(29)26-24(20)30;11-10(12,18(15,16)17)6-1-2-7-5(3-6)4-8(19-7)9(13)14;11-9-6-2-1-4-8-5-3-7-10(8)9/h1-4,7-8,13,16,18,20H,5-6,9-12,14-15H2,(H,26,29,30);1-4H,(H2,13,14)(H2,15,16,17);8H,1-7H2. The number of likely N-dealkylation sites (tertiary alicyclic amines) is 1. The molecule has 5 amide bonds. The molecule has 5 N–H and O–H groups in total. The van der Waals surface area contributed by atoms with Gasteiger partial charge in [0.25, 0.3) is 5.91 Å². The summed E-state index contributed by atoms with van der Waals surface area (Å²) in [5.41, 5.74) is 1.88. The number of hydrogen-bond acceptors (Lipinski definition) is 11. The van der Waals surface area contributed by atoms with E-state index in [2.05, 4.69) is 15.2 Å². The molecule has 4 saturated heterocycles. The molecular weight excluding hydrogens is 864 g/mol. The number of carbonyl (C=O) groups excluding carboxylic acids is 5. The average Bonchev–Trinajstić information content (AvgIpc) is 3.86. The SMILES string of the molecule is NC(=O)c1cc2cc(C(F)(F)P(=O)(O)O)ccc2s1.O=C1CCCCC2CCCN12.O=CN1CC(c2cnccc2OCCOCCOc2ccc(C3CCC(=O)NC3=O)cc2)C1. The van der Waals surface area contributed by atoms with Crippen LogP contribution < -0.4 is 20.5 Å². The molecule has 338 valence electrons. The summed E-state index contributed by atoms with van der Waals surface area (Å²) in [5.74, 6) is 0.684. The number of nitrogens with zero attached hydrogens (tertiary/aromatic N) is 3. The average molecular weight is 914 g/mol. The predicted octanol–water partition coefficient (Wildman–Crippen LogP) is 5.41. The van der Waals surface area contributed by atoms with Crippen LogP contribution in [0.4, 0.5) is 8.78 Å². The molecule has 0 radical (unpaired) electrons. The minimum Gasteiger partial charge on any atom is -0.491 e. The zero-order valence-electron chi connectivity index (χ0n) is 34.4. The zero-order valence-corrected chi connectivity index (χ0v) is 36.1. The summed E-state index contributed by atoms with van der Waals surface area (Å²) >= 11 is 1.02. The summed E-state index contributed by atoms with van der Waals surface area (Å²) in [5, 5.41) is 2.66. The number of alkyl halides is 2. The third-order valence-corrected chi connectivity index (χ3v) is 13.3. The van der Waals surface area contributed by atoms with Crippen LogP contribution in [0.3, 0.4) is 0 Å². The number of piperidine rings is 1. The molecule has 2 unspecified atom stereocenters. The molecule has 0 aliphatic carbocycles. The summed E-state index contributed by atoms with van der Waals surface area (Å²) in [4.78, 5) is 81.9. The van der Waals surface area contributed by atoms with Crippen LogP contribution in [-0.2, 0) is 34.1 Å². The lowest BCUT2D eigenvalue weighted by molar-refractivity contribution is -0.134. The van der Waals surface area contributed by atoms with Crippen molar-refractivity contribution in [1.29, 1.82) is 0 Å². The summed E-state index contributed by atoms with van der Waals surface area (Å²) in [6, 6.07) is 14.2. The lowest BCUT2D eigenvalue weighted by Gasteiger charge is -2.37. The van der Waals surface area contributed by atoms with Gasteiger partial charge in [0.15, 0.2) is 0 Å². The highest BCUT2D eigenvalue weighted by Crippen LogP contribution is 2.59. The van der Waals surface area contributed by atoms with Crippen molar-refractivity contribution in [3.05, 3.63) is 88.6 Å². The van der Waals surface area contributed by atoms with Crippen LogP contribution >= 0.6 is 18.9 Å². The van der Waals surface area contributed by atoms with Gasteiger partial charge < -0.3 is 39.5 Å². The smallest absolute Gasteiger partial charge is 0.399 e. The Kier molecular flexibility index (Phi) is 16.0. The second-order valence-corrected chi connectivity index (χ2v) is 18.2. The molecule has 4 fully saturated rings. The number of ether oxygens (including phenoxy) is 3. The van der Waals surface area contributed by atoms with E-state index >= 15 is 0 Å². The molecule has 4 aliphatic rings. The molecule has 0 spiro atoms. The molecule has 4 aromatic rings. The van der Waals surface area contributed by atoms with Crippen LogP contribution in [-0.4, -0.2) is 107 Å².